The predicted molar refractivity (Wildman–Crippen MR) is 82.3 cm³/mol. The van der Waals surface area contributed by atoms with Gasteiger partial charge in [0.15, 0.2) is 0 Å². The van der Waals surface area contributed by atoms with E-state index in [4.69, 9.17) is 0 Å². The number of hydrogen-bond acceptors (Lipinski definition) is 4. The van der Waals surface area contributed by atoms with Gasteiger partial charge in [0.05, 0.1) is 6.61 Å². The predicted octanol–water partition coefficient (Wildman–Crippen LogP) is 2.35. The second-order valence-corrected chi connectivity index (χ2v) is 5.24. The minimum absolute atomic E-state index is 0.0179. The number of rotatable bonds is 6. The van der Waals surface area contributed by atoms with Crippen LogP contribution in [0.15, 0.2) is 48.5 Å². The molecule has 4 heteroatoms. The number of phenolic OH excluding ortho intramolecular Hbond substituents is 2. The monoisotopic (exact) mass is 287 g/mol. The largest absolute Gasteiger partial charge is 0.508 e. The van der Waals surface area contributed by atoms with Gasteiger partial charge in [0.2, 0.25) is 0 Å². The molecule has 0 radical (unpaired) electrons. The van der Waals surface area contributed by atoms with Crippen molar-refractivity contribution in [2.75, 3.05) is 6.61 Å². The van der Waals surface area contributed by atoms with Crippen LogP contribution in [-0.2, 0) is 6.42 Å². The minimum Gasteiger partial charge on any atom is -0.508 e. The third kappa shape index (κ3) is 4.48. The summed E-state index contributed by atoms with van der Waals surface area (Å²) in [6, 6.07) is 14.3. The maximum Gasteiger partial charge on any atom is 0.119 e. The Kier molecular flexibility index (Phi) is 5.20. The van der Waals surface area contributed by atoms with Gasteiger partial charge in [-0.2, -0.15) is 0 Å². The fourth-order valence-corrected chi connectivity index (χ4v) is 2.39. The maximum atomic E-state index is 9.53. The Bertz CT molecular complexity index is 551. The molecule has 0 aliphatic heterocycles. The molecule has 0 saturated heterocycles. The van der Waals surface area contributed by atoms with Crippen LogP contribution >= 0.6 is 0 Å². The molecule has 112 valence electrons. The number of benzene rings is 2. The molecule has 0 spiro atoms. The summed E-state index contributed by atoms with van der Waals surface area (Å²) in [6.45, 7) is 1.95. The normalized spacial score (nSPS) is 13.8. The number of aliphatic hydroxyl groups is 1. The van der Waals surface area contributed by atoms with Crippen LogP contribution in [0.1, 0.15) is 24.1 Å². The van der Waals surface area contributed by atoms with Crippen molar-refractivity contribution < 1.29 is 15.3 Å². The highest BCUT2D eigenvalue weighted by molar-refractivity contribution is 5.38. The summed E-state index contributed by atoms with van der Waals surface area (Å²) >= 11 is 0. The van der Waals surface area contributed by atoms with Crippen LogP contribution < -0.4 is 5.32 Å². The first kappa shape index (κ1) is 15.4. The van der Waals surface area contributed by atoms with Crippen LogP contribution in [0.25, 0.3) is 0 Å². The zero-order valence-corrected chi connectivity index (χ0v) is 12.0. The molecule has 0 amide bonds. The van der Waals surface area contributed by atoms with E-state index in [1.165, 1.54) is 6.07 Å². The molecule has 0 saturated carbocycles. The first-order chi connectivity index (χ1) is 10.1. The third-order valence-corrected chi connectivity index (χ3v) is 3.46. The summed E-state index contributed by atoms with van der Waals surface area (Å²) in [4.78, 5) is 0. The SMILES string of the molecule is CC(NC(CO)Cc1ccccc1)c1cc(O)cc(O)c1. The van der Waals surface area contributed by atoms with Gasteiger partial charge in [0, 0.05) is 18.2 Å². The molecule has 0 heterocycles. The van der Waals surface area contributed by atoms with Crippen molar-refractivity contribution >= 4 is 0 Å². The van der Waals surface area contributed by atoms with Crippen LogP contribution in [0.5, 0.6) is 11.5 Å². The van der Waals surface area contributed by atoms with Crippen molar-refractivity contribution in [1.82, 2.24) is 5.32 Å². The lowest BCUT2D eigenvalue weighted by Gasteiger charge is -2.22. The molecule has 21 heavy (non-hydrogen) atoms. The lowest BCUT2D eigenvalue weighted by Crippen LogP contribution is -2.36. The fraction of sp³-hybridized carbons (Fsp3) is 0.294. The molecule has 2 rings (SSSR count). The van der Waals surface area contributed by atoms with Crippen molar-refractivity contribution in [3.8, 4) is 11.5 Å². The number of nitrogens with one attached hydrogen (secondary N) is 1. The quantitative estimate of drug-likeness (QED) is 0.658. The van der Waals surface area contributed by atoms with Gasteiger partial charge in [0.1, 0.15) is 11.5 Å². The van der Waals surface area contributed by atoms with Gasteiger partial charge in [-0.15, -0.1) is 0 Å². The van der Waals surface area contributed by atoms with Gasteiger partial charge in [0.25, 0.3) is 0 Å². The summed E-state index contributed by atoms with van der Waals surface area (Å²) in [5, 5.41) is 31.9. The second kappa shape index (κ2) is 7.11. The van der Waals surface area contributed by atoms with Gasteiger partial charge >= 0.3 is 0 Å². The first-order valence-corrected chi connectivity index (χ1v) is 7.02. The lowest BCUT2D eigenvalue weighted by molar-refractivity contribution is 0.232. The van der Waals surface area contributed by atoms with Crippen molar-refractivity contribution in [2.45, 2.75) is 25.4 Å². The van der Waals surface area contributed by atoms with E-state index in [1.807, 2.05) is 37.3 Å². The highest BCUT2D eigenvalue weighted by Crippen LogP contribution is 2.25. The zero-order valence-electron chi connectivity index (χ0n) is 12.0. The molecule has 0 aromatic heterocycles. The van der Waals surface area contributed by atoms with Gasteiger partial charge in [-0.1, -0.05) is 30.3 Å². The van der Waals surface area contributed by atoms with Crippen molar-refractivity contribution in [3.63, 3.8) is 0 Å². The highest BCUT2D eigenvalue weighted by Gasteiger charge is 2.14. The van der Waals surface area contributed by atoms with E-state index < -0.39 is 0 Å². The van der Waals surface area contributed by atoms with E-state index in [-0.39, 0.29) is 30.2 Å². The van der Waals surface area contributed by atoms with Crippen molar-refractivity contribution in [1.29, 1.82) is 0 Å². The summed E-state index contributed by atoms with van der Waals surface area (Å²) in [5.41, 5.74) is 1.93. The van der Waals surface area contributed by atoms with Crippen molar-refractivity contribution in [2.24, 2.45) is 0 Å². The Morgan fingerprint density at radius 1 is 1.00 bits per heavy atom. The summed E-state index contributed by atoms with van der Waals surface area (Å²) in [5.74, 6) is 0.0597. The summed E-state index contributed by atoms with van der Waals surface area (Å²) in [7, 11) is 0. The minimum atomic E-state index is -0.0936. The zero-order chi connectivity index (χ0) is 15.2. The molecule has 0 bridgehead atoms. The Labute approximate surface area is 124 Å². The molecule has 4 N–H and O–H groups in total. The molecule has 2 atom stereocenters. The molecule has 0 aliphatic rings. The number of hydrogen-bond donors (Lipinski definition) is 4. The Balaban J connectivity index is 2.03. The molecule has 2 unspecified atom stereocenters. The second-order valence-electron chi connectivity index (χ2n) is 5.24. The topological polar surface area (TPSA) is 72.7 Å². The molecule has 4 nitrogen and oxygen atoms in total. The van der Waals surface area contributed by atoms with E-state index in [0.717, 1.165) is 11.1 Å². The van der Waals surface area contributed by atoms with Crippen LogP contribution in [0.3, 0.4) is 0 Å². The average Bonchev–Trinajstić information content (AvgIpc) is 2.46. The number of aliphatic hydroxyl groups excluding tert-OH is 1. The Morgan fingerprint density at radius 2 is 1.62 bits per heavy atom. The van der Waals surface area contributed by atoms with E-state index in [1.54, 1.807) is 12.1 Å². The maximum absolute atomic E-state index is 9.53. The van der Waals surface area contributed by atoms with E-state index in [2.05, 4.69) is 5.32 Å². The lowest BCUT2D eigenvalue weighted by atomic mass is 10.0. The van der Waals surface area contributed by atoms with Gasteiger partial charge in [-0.25, -0.2) is 0 Å². The number of phenols is 2. The van der Waals surface area contributed by atoms with E-state index in [0.29, 0.717) is 6.42 Å². The van der Waals surface area contributed by atoms with Crippen molar-refractivity contribution in [3.05, 3.63) is 59.7 Å². The molecular formula is C17H21NO3. The van der Waals surface area contributed by atoms with Crippen LogP contribution in [0.2, 0.25) is 0 Å². The van der Waals surface area contributed by atoms with Gasteiger partial charge in [-0.3, -0.25) is 0 Å². The van der Waals surface area contributed by atoms with Gasteiger partial charge in [-0.05, 0) is 36.6 Å². The fourth-order valence-electron chi connectivity index (χ4n) is 2.39. The average molecular weight is 287 g/mol. The van der Waals surface area contributed by atoms with Crippen LogP contribution in [0.4, 0.5) is 0 Å². The highest BCUT2D eigenvalue weighted by atomic mass is 16.3. The molecule has 2 aromatic carbocycles. The summed E-state index contributed by atoms with van der Waals surface area (Å²) < 4.78 is 0. The Morgan fingerprint density at radius 3 is 2.19 bits per heavy atom. The van der Waals surface area contributed by atoms with E-state index in [9.17, 15) is 15.3 Å². The molecule has 0 fully saturated rings. The number of aromatic hydroxyl groups is 2. The molecule has 2 aromatic rings. The van der Waals surface area contributed by atoms with Crippen LogP contribution in [-0.4, -0.2) is 28.0 Å². The van der Waals surface area contributed by atoms with Crippen LogP contribution in [0, 0.1) is 0 Å². The summed E-state index contributed by atoms with van der Waals surface area (Å²) in [6.07, 6.45) is 0.715. The molecular weight excluding hydrogens is 266 g/mol. The standard InChI is InChI=1S/C17H21NO3/c1-12(14-8-16(20)10-17(21)9-14)18-15(11-19)7-13-5-3-2-4-6-13/h2-6,8-10,12,15,18-21H,7,11H2,1H3. The first-order valence-electron chi connectivity index (χ1n) is 7.02. The Hall–Kier alpha value is -2.04. The third-order valence-electron chi connectivity index (χ3n) is 3.46. The molecule has 0 aliphatic carbocycles. The van der Waals surface area contributed by atoms with Gasteiger partial charge < -0.3 is 20.6 Å². The van der Waals surface area contributed by atoms with E-state index >= 15 is 0 Å². The smallest absolute Gasteiger partial charge is 0.119 e.